The summed E-state index contributed by atoms with van der Waals surface area (Å²) in [6.07, 6.45) is 3.20. The molecule has 0 spiro atoms. The van der Waals surface area contributed by atoms with Crippen molar-refractivity contribution in [2.24, 2.45) is 0 Å². The molecule has 1 unspecified atom stereocenters. The van der Waals surface area contributed by atoms with Crippen LogP contribution in [0.1, 0.15) is 10.5 Å². The minimum atomic E-state index is -4.82. The first-order chi connectivity index (χ1) is 14.3. The van der Waals surface area contributed by atoms with Gasteiger partial charge in [-0.25, -0.2) is 9.48 Å². The zero-order valence-corrected chi connectivity index (χ0v) is 16.8. The molecular weight excluding hydrogens is 420 g/mol. The maximum atomic E-state index is 12.3. The van der Waals surface area contributed by atoms with E-state index in [0.29, 0.717) is 30.5 Å². The van der Waals surface area contributed by atoms with E-state index in [-0.39, 0.29) is 24.7 Å². The average molecular weight is 442 g/mol. The molecule has 2 bridgehead atoms. The number of urea groups is 1. The zero-order valence-electron chi connectivity index (χ0n) is 16.0. The number of rotatable bonds is 7. The first-order valence-corrected chi connectivity index (χ1v) is 10.8. The average Bonchev–Trinajstić information content (AvgIpc) is 3.28. The van der Waals surface area contributed by atoms with Crippen LogP contribution in [0, 0.1) is 0 Å². The van der Waals surface area contributed by atoms with Gasteiger partial charge in [-0.1, -0.05) is 0 Å². The summed E-state index contributed by atoms with van der Waals surface area (Å²) in [5, 5.41) is 7.69. The lowest BCUT2D eigenvalue weighted by atomic mass is 10.2. The SMILES string of the molecule is O=C(NCCN1CCOCC1)c1ccn(C2=CC3CN(C2)C(=O)N3OS(=O)(=O)O)n1. The fourth-order valence-electron chi connectivity index (χ4n) is 3.57. The predicted octanol–water partition coefficient (Wildman–Crippen LogP) is -1.36. The highest BCUT2D eigenvalue weighted by atomic mass is 32.3. The number of hydrogen-bond acceptors (Lipinski definition) is 8. The van der Waals surface area contributed by atoms with Gasteiger partial charge in [0.05, 0.1) is 25.5 Å². The molecule has 4 heterocycles. The van der Waals surface area contributed by atoms with Crippen molar-refractivity contribution in [3.63, 3.8) is 0 Å². The summed E-state index contributed by atoms with van der Waals surface area (Å²) in [7, 11) is -4.82. The van der Waals surface area contributed by atoms with Crippen molar-refractivity contribution in [3.05, 3.63) is 24.0 Å². The standard InChI is InChI=1S/C16H22N6O7S/c23-15(17-2-4-19-5-7-28-8-6-19)14-1-3-21(18-14)12-9-13-11-20(10-12)16(24)22(13)29-30(25,26)27/h1,3,9,13H,2,4-8,10-11H2,(H,17,23)(H,25,26,27). The Balaban J connectivity index is 1.37. The van der Waals surface area contributed by atoms with Crippen molar-refractivity contribution in [1.29, 1.82) is 0 Å². The van der Waals surface area contributed by atoms with E-state index in [0.717, 1.165) is 19.6 Å². The second-order valence-corrected chi connectivity index (χ2v) is 8.08. The molecule has 3 amide bonds. The lowest BCUT2D eigenvalue weighted by Gasteiger charge is -2.26. The first kappa shape index (κ1) is 20.7. The van der Waals surface area contributed by atoms with E-state index in [4.69, 9.17) is 9.29 Å². The van der Waals surface area contributed by atoms with Crippen LogP contribution in [0.15, 0.2) is 18.3 Å². The van der Waals surface area contributed by atoms with Crippen LogP contribution in [0.2, 0.25) is 0 Å². The van der Waals surface area contributed by atoms with Crippen LogP contribution >= 0.6 is 0 Å². The summed E-state index contributed by atoms with van der Waals surface area (Å²) < 4.78 is 41.9. The predicted molar refractivity (Wildman–Crippen MR) is 101 cm³/mol. The number of fused-ring (bicyclic) bond motifs is 2. The summed E-state index contributed by atoms with van der Waals surface area (Å²) in [6.45, 7) is 4.65. The van der Waals surface area contributed by atoms with Crippen LogP contribution in [-0.4, -0.2) is 108 Å². The Labute approximate surface area is 172 Å². The molecule has 14 heteroatoms. The number of carbonyl (C=O) groups is 2. The minimum Gasteiger partial charge on any atom is -0.379 e. The number of hydrogen-bond donors (Lipinski definition) is 2. The van der Waals surface area contributed by atoms with E-state index < -0.39 is 22.5 Å². The Morgan fingerprint density at radius 2 is 2.13 bits per heavy atom. The smallest absolute Gasteiger partial charge is 0.379 e. The van der Waals surface area contributed by atoms with Gasteiger partial charge < -0.3 is 15.0 Å². The Bertz CT molecular complexity index is 955. The number of amides is 3. The van der Waals surface area contributed by atoms with Crippen LogP contribution in [0.4, 0.5) is 4.79 Å². The number of hydroxylamine groups is 2. The van der Waals surface area contributed by atoms with E-state index >= 15 is 0 Å². The molecule has 0 aliphatic carbocycles. The molecule has 1 aromatic rings. The van der Waals surface area contributed by atoms with Gasteiger partial charge in [0, 0.05) is 38.9 Å². The van der Waals surface area contributed by atoms with E-state index in [1.807, 2.05) is 0 Å². The molecule has 4 rings (SSSR count). The summed E-state index contributed by atoms with van der Waals surface area (Å²) in [6, 6.07) is 0.167. The highest BCUT2D eigenvalue weighted by Crippen LogP contribution is 2.27. The third-order valence-corrected chi connectivity index (χ3v) is 5.36. The largest absolute Gasteiger partial charge is 0.418 e. The Morgan fingerprint density at radius 1 is 1.37 bits per heavy atom. The Kier molecular flexibility index (Phi) is 5.75. The molecule has 2 fully saturated rings. The summed E-state index contributed by atoms with van der Waals surface area (Å²) >= 11 is 0. The number of aromatic nitrogens is 2. The van der Waals surface area contributed by atoms with Crippen molar-refractivity contribution in [2.75, 3.05) is 52.5 Å². The van der Waals surface area contributed by atoms with Crippen molar-refractivity contribution in [3.8, 4) is 0 Å². The first-order valence-electron chi connectivity index (χ1n) is 9.40. The fourth-order valence-corrected chi connectivity index (χ4v) is 3.94. The van der Waals surface area contributed by atoms with Crippen molar-refractivity contribution in [2.45, 2.75) is 6.04 Å². The second kappa shape index (κ2) is 8.31. The Morgan fingerprint density at radius 3 is 2.87 bits per heavy atom. The molecule has 2 saturated heterocycles. The lowest BCUT2D eigenvalue weighted by molar-refractivity contribution is -0.0183. The molecule has 2 N–H and O–H groups in total. The topological polar surface area (TPSA) is 147 Å². The fraction of sp³-hybridized carbons (Fsp3) is 0.562. The third-order valence-electron chi connectivity index (χ3n) is 5.01. The van der Waals surface area contributed by atoms with E-state index in [1.54, 1.807) is 18.3 Å². The molecule has 30 heavy (non-hydrogen) atoms. The quantitative estimate of drug-likeness (QED) is 0.489. The van der Waals surface area contributed by atoms with Gasteiger partial charge in [-0.05, 0) is 12.1 Å². The van der Waals surface area contributed by atoms with E-state index in [9.17, 15) is 18.0 Å². The van der Waals surface area contributed by atoms with Crippen molar-refractivity contribution >= 4 is 28.0 Å². The lowest BCUT2D eigenvalue weighted by Crippen LogP contribution is -2.41. The highest BCUT2D eigenvalue weighted by Gasteiger charge is 2.43. The van der Waals surface area contributed by atoms with Gasteiger partial charge in [0.25, 0.3) is 5.91 Å². The molecule has 1 aromatic heterocycles. The van der Waals surface area contributed by atoms with E-state index in [1.165, 1.54) is 9.58 Å². The van der Waals surface area contributed by atoms with Crippen LogP contribution < -0.4 is 5.32 Å². The second-order valence-electron chi connectivity index (χ2n) is 7.07. The molecule has 3 aliphatic rings. The highest BCUT2D eigenvalue weighted by molar-refractivity contribution is 7.80. The monoisotopic (exact) mass is 442 g/mol. The van der Waals surface area contributed by atoms with Gasteiger partial charge in [-0.15, -0.1) is 4.28 Å². The van der Waals surface area contributed by atoms with Gasteiger partial charge in [0.15, 0.2) is 5.69 Å². The van der Waals surface area contributed by atoms with Crippen LogP contribution in [-0.2, 0) is 19.4 Å². The van der Waals surface area contributed by atoms with Gasteiger partial charge in [0.1, 0.15) is 6.04 Å². The van der Waals surface area contributed by atoms with Gasteiger partial charge in [-0.3, -0.25) is 14.2 Å². The van der Waals surface area contributed by atoms with Crippen LogP contribution in [0.25, 0.3) is 5.70 Å². The molecule has 0 saturated carbocycles. The van der Waals surface area contributed by atoms with Gasteiger partial charge in [0.2, 0.25) is 0 Å². The van der Waals surface area contributed by atoms with Crippen LogP contribution in [0.5, 0.6) is 0 Å². The zero-order chi connectivity index (χ0) is 21.3. The van der Waals surface area contributed by atoms with Crippen molar-refractivity contribution in [1.82, 2.24) is 30.0 Å². The number of ether oxygens (including phenoxy) is 1. The molecule has 1 atom stereocenters. The third kappa shape index (κ3) is 4.62. The van der Waals surface area contributed by atoms with Crippen LogP contribution in [0.3, 0.4) is 0 Å². The minimum absolute atomic E-state index is 0.153. The number of nitrogens with zero attached hydrogens (tertiary/aromatic N) is 5. The molecule has 164 valence electrons. The number of morpholine rings is 1. The molecular formula is C16H22N6O7S. The summed E-state index contributed by atoms with van der Waals surface area (Å²) in [5.41, 5.74) is 0.802. The maximum Gasteiger partial charge on any atom is 0.418 e. The van der Waals surface area contributed by atoms with Gasteiger partial charge >= 0.3 is 16.4 Å². The molecule has 0 radical (unpaired) electrons. The Hall–Kier alpha value is -2.52. The molecule has 0 aromatic carbocycles. The number of carbonyl (C=O) groups excluding carboxylic acids is 2. The normalized spacial score (nSPS) is 22.4. The van der Waals surface area contributed by atoms with Crippen molar-refractivity contribution < 1.29 is 31.6 Å². The summed E-state index contributed by atoms with van der Waals surface area (Å²) in [5.74, 6) is -0.311. The maximum absolute atomic E-state index is 12.3. The number of nitrogens with one attached hydrogen (secondary N) is 1. The summed E-state index contributed by atoms with van der Waals surface area (Å²) in [4.78, 5) is 28.1. The van der Waals surface area contributed by atoms with Gasteiger partial charge in [-0.2, -0.15) is 18.6 Å². The molecule has 13 nitrogen and oxygen atoms in total. The molecule has 3 aliphatic heterocycles. The van der Waals surface area contributed by atoms with E-state index in [2.05, 4.69) is 19.6 Å².